The number of methoxy groups -OCH3 is 1. The van der Waals surface area contributed by atoms with Gasteiger partial charge < -0.3 is 15.2 Å². The van der Waals surface area contributed by atoms with Gasteiger partial charge in [0.2, 0.25) is 5.88 Å². The summed E-state index contributed by atoms with van der Waals surface area (Å²) in [5.41, 5.74) is 5.54. The lowest BCUT2D eigenvalue weighted by molar-refractivity contribution is -0.384. The van der Waals surface area contributed by atoms with Gasteiger partial charge in [0.25, 0.3) is 5.69 Å². The van der Waals surface area contributed by atoms with Gasteiger partial charge in [-0.1, -0.05) is 11.8 Å². The summed E-state index contributed by atoms with van der Waals surface area (Å²) in [6.07, 6.45) is 1.80. The number of hydrogen-bond acceptors (Lipinski definition) is 8. The molecule has 0 unspecified atom stereocenters. The van der Waals surface area contributed by atoms with E-state index in [-0.39, 0.29) is 23.1 Å². The molecule has 2 N–H and O–H groups in total. The molecule has 0 saturated heterocycles. The Hall–Kier alpha value is -2.55. The van der Waals surface area contributed by atoms with Crippen LogP contribution in [0.25, 0.3) is 0 Å². The first-order chi connectivity index (χ1) is 10.0. The molecule has 0 aliphatic heterocycles. The van der Waals surface area contributed by atoms with E-state index in [1.54, 1.807) is 6.26 Å². The normalized spacial score (nSPS) is 10.2. The van der Waals surface area contributed by atoms with Crippen molar-refractivity contribution in [3.8, 4) is 17.4 Å². The summed E-state index contributed by atoms with van der Waals surface area (Å²) in [4.78, 5) is 18.4. The van der Waals surface area contributed by atoms with E-state index in [4.69, 9.17) is 15.2 Å². The first kappa shape index (κ1) is 14.9. The average molecular weight is 308 g/mol. The maximum atomic E-state index is 10.8. The summed E-state index contributed by atoms with van der Waals surface area (Å²) in [6.45, 7) is 0. The quantitative estimate of drug-likeness (QED) is 0.388. The van der Waals surface area contributed by atoms with E-state index in [0.717, 1.165) is 0 Å². The van der Waals surface area contributed by atoms with Gasteiger partial charge in [0.1, 0.15) is 5.82 Å². The molecule has 0 amide bonds. The lowest BCUT2D eigenvalue weighted by atomic mass is 10.3. The Morgan fingerprint density at radius 2 is 2.05 bits per heavy atom. The molecule has 1 heterocycles. The smallest absolute Gasteiger partial charge is 0.273 e. The number of ether oxygens (including phenoxy) is 2. The maximum Gasteiger partial charge on any atom is 0.273 e. The van der Waals surface area contributed by atoms with Crippen LogP contribution < -0.4 is 15.2 Å². The summed E-state index contributed by atoms with van der Waals surface area (Å²) in [7, 11) is 1.44. The van der Waals surface area contributed by atoms with Crippen molar-refractivity contribution in [3.63, 3.8) is 0 Å². The molecule has 2 aromatic rings. The predicted molar refractivity (Wildman–Crippen MR) is 77.9 cm³/mol. The van der Waals surface area contributed by atoms with E-state index in [2.05, 4.69) is 9.97 Å². The Labute approximate surface area is 124 Å². The van der Waals surface area contributed by atoms with Crippen molar-refractivity contribution in [3.05, 3.63) is 34.4 Å². The zero-order valence-corrected chi connectivity index (χ0v) is 12.1. The van der Waals surface area contributed by atoms with Crippen LogP contribution in [-0.2, 0) is 0 Å². The topological polar surface area (TPSA) is 113 Å². The van der Waals surface area contributed by atoms with Crippen LogP contribution in [0.2, 0.25) is 0 Å². The molecular formula is C12H12N4O4S. The summed E-state index contributed by atoms with van der Waals surface area (Å²) in [6, 6.07) is 5.47. The van der Waals surface area contributed by atoms with Gasteiger partial charge >= 0.3 is 0 Å². The van der Waals surface area contributed by atoms with Crippen LogP contribution in [0.15, 0.2) is 29.4 Å². The highest BCUT2D eigenvalue weighted by Gasteiger charge is 2.14. The molecule has 1 aromatic carbocycles. The molecule has 0 saturated carbocycles. The van der Waals surface area contributed by atoms with Gasteiger partial charge in [-0.2, -0.15) is 4.98 Å². The van der Waals surface area contributed by atoms with E-state index < -0.39 is 4.92 Å². The van der Waals surface area contributed by atoms with Crippen molar-refractivity contribution >= 4 is 23.3 Å². The van der Waals surface area contributed by atoms with Gasteiger partial charge in [0.15, 0.2) is 16.7 Å². The van der Waals surface area contributed by atoms with Gasteiger partial charge in [0.05, 0.1) is 18.1 Å². The molecule has 0 spiro atoms. The number of rotatable bonds is 5. The summed E-state index contributed by atoms with van der Waals surface area (Å²) < 4.78 is 10.7. The second-order valence-electron chi connectivity index (χ2n) is 3.81. The van der Waals surface area contributed by atoms with E-state index in [1.807, 2.05) is 0 Å². The number of nitro groups is 1. The summed E-state index contributed by atoms with van der Waals surface area (Å²) in [5.74, 6) is 0.958. The van der Waals surface area contributed by atoms with Crippen LogP contribution in [0.4, 0.5) is 11.5 Å². The third-order valence-electron chi connectivity index (χ3n) is 2.46. The lowest BCUT2D eigenvalue weighted by Gasteiger charge is -2.10. The highest BCUT2D eigenvalue weighted by atomic mass is 32.2. The van der Waals surface area contributed by atoms with Crippen molar-refractivity contribution in [2.75, 3.05) is 19.1 Å². The molecular weight excluding hydrogens is 296 g/mol. The minimum absolute atomic E-state index is 0.113. The number of nitro benzene ring substituents is 1. The second-order valence-corrected chi connectivity index (χ2v) is 4.59. The number of non-ortho nitro benzene ring substituents is 1. The number of benzene rings is 1. The van der Waals surface area contributed by atoms with Crippen LogP contribution in [0, 0.1) is 10.1 Å². The molecule has 2 rings (SSSR count). The molecule has 0 aliphatic carbocycles. The third kappa shape index (κ3) is 3.51. The largest absolute Gasteiger partial charge is 0.493 e. The Morgan fingerprint density at radius 1 is 1.29 bits per heavy atom. The van der Waals surface area contributed by atoms with E-state index in [1.165, 1.54) is 43.1 Å². The second kappa shape index (κ2) is 6.27. The Balaban J connectivity index is 2.40. The highest BCUT2D eigenvalue weighted by molar-refractivity contribution is 7.98. The summed E-state index contributed by atoms with van der Waals surface area (Å²) in [5, 5.41) is 11.3. The van der Waals surface area contributed by atoms with Gasteiger partial charge in [-0.15, -0.1) is 0 Å². The Morgan fingerprint density at radius 3 is 2.67 bits per heavy atom. The molecule has 0 radical (unpaired) electrons. The first-order valence-electron chi connectivity index (χ1n) is 5.72. The number of thioether (sulfide) groups is 1. The van der Waals surface area contributed by atoms with Crippen molar-refractivity contribution in [2.45, 2.75) is 5.16 Å². The van der Waals surface area contributed by atoms with Gasteiger partial charge in [-0.25, -0.2) is 4.98 Å². The standard InChI is InChI=1S/C12H12N4O4S/c1-19-8-4-3-7(16(17)18)5-9(8)20-11-6-10(13)14-12(15-11)21-2/h3-6H,1-2H3,(H2,13,14,15). The zero-order valence-electron chi connectivity index (χ0n) is 11.3. The fourth-order valence-corrected chi connectivity index (χ4v) is 1.91. The molecule has 0 fully saturated rings. The number of anilines is 1. The van der Waals surface area contributed by atoms with Crippen molar-refractivity contribution < 1.29 is 14.4 Å². The van der Waals surface area contributed by atoms with Crippen molar-refractivity contribution in [1.29, 1.82) is 0 Å². The van der Waals surface area contributed by atoms with Crippen LogP contribution in [0.5, 0.6) is 17.4 Å². The van der Waals surface area contributed by atoms with Gasteiger partial charge in [-0.05, 0) is 12.3 Å². The average Bonchev–Trinajstić information content (AvgIpc) is 2.46. The molecule has 9 heteroatoms. The Bertz CT molecular complexity index is 680. The molecule has 0 atom stereocenters. The minimum atomic E-state index is -0.520. The Kier molecular flexibility index (Phi) is 4.43. The molecule has 21 heavy (non-hydrogen) atoms. The highest BCUT2D eigenvalue weighted by Crippen LogP contribution is 2.34. The van der Waals surface area contributed by atoms with E-state index >= 15 is 0 Å². The van der Waals surface area contributed by atoms with Crippen molar-refractivity contribution in [1.82, 2.24) is 9.97 Å². The monoisotopic (exact) mass is 308 g/mol. The lowest BCUT2D eigenvalue weighted by Crippen LogP contribution is -1.99. The van der Waals surface area contributed by atoms with Gasteiger partial charge in [0, 0.05) is 12.1 Å². The van der Waals surface area contributed by atoms with E-state index in [0.29, 0.717) is 10.9 Å². The maximum absolute atomic E-state index is 10.8. The number of hydrogen-bond donors (Lipinski definition) is 1. The number of nitrogen functional groups attached to an aromatic ring is 1. The zero-order chi connectivity index (χ0) is 15.4. The summed E-state index contributed by atoms with van der Waals surface area (Å²) >= 11 is 1.30. The van der Waals surface area contributed by atoms with Crippen molar-refractivity contribution in [2.24, 2.45) is 0 Å². The molecule has 110 valence electrons. The SMILES string of the molecule is COc1ccc([N+](=O)[O-])cc1Oc1cc(N)nc(SC)n1. The number of nitrogens with two attached hydrogens (primary N) is 1. The van der Waals surface area contributed by atoms with Crippen LogP contribution >= 0.6 is 11.8 Å². The molecule has 1 aromatic heterocycles. The first-order valence-corrected chi connectivity index (χ1v) is 6.94. The van der Waals surface area contributed by atoms with E-state index in [9.17, 15) is 10.1 Å². The van der Waals surface area contributed by atoms with Crippen LogP contribution in [0.3, 0.4) is 0 Å². The van der Waals surface area contributed by atoms with Gasteiger partial charge in [-0.3, -0.25) is 10.1 Å². The van der Waals surface area contributed by atoms with Crippen LogP contribution in [0.1, 0.15) is 0 Å². The molecule has 0 bridgehead atoms. The fourth-order valence-electron chi connectivity index (χ4n) is 1.54. The minimum Gasteiger partial charge on any atom is -0.493 e. The number of aromatic nitrogens is 2. The predicted octanol–water partition coefficient (Wildman–Crippen LogP) is 2.49. The number of nitrogens with zero attached hydrogens (tertiary/aromatic N) is 3. The van der Waals surface area contributed by atoms with Crippen LogP contribution in [-0.4, -0.2) is 28.3 Å². The fraction of sp³-hybridized carbons (Fsp3) is 0.167. The molecule has 8 nitrogen and oxygen atoms in total. The third-order valence-corrected chi connectivity index (χ3v) is 3.00. The molecule has 0 aliphatic rings.